The minimum atomic E-state index is -0.792. The highest BCUT2D eigenvalue weighted by atomic mass is 32.2. The summed E-state index contributed by atoms with van der Waals surface area (Å²) in [5, 5.41) is 3.26. The van der Waals surface area contributed by atoms with E-state index in [9.17, 15) is 14.4 Å². The third kappa shape index (κ3) is 2.50. The van der Waals surface area contributed by atoms with Gasteiger partial charge in [0.15, 0.2) is 5.17 Å². The fourth-order valence-electron chi connectivity index (χ4n) is 2.95. The maximum Gasteiger partial charge on any atom is 0.248 e. The second kappa shape index (κ2) is 5.63. The van der Waals surface area contributed by atoms with E-state index in [4.69, 9.17) is 0 Å². The number of rotatable bonds is 2. The molecule has 2 heterocycles. The Kier molecular flexibility index (Phi) is 3.84. The number of fused-ring (bicyclic) bond motifs is 1. The van der Waals surface area contributed by atoms with E-state index in [0.717, 1.165) is 10.7 Å². The van der Waals surface area contributed by atoms with E-state index in [2.05, 4.69) is 10.3 Å². The molecule has 0 spiro atoms. The van der Waals surface area contributed by atoms with Crippen LogP contribution in [0.4, 0.5) is 0 Å². The molecule has 3 amide bonds. The van der Waals surface area contributed by atoms with E-state index in [1.807, 2.05) is 12.2 Å². The molecule has 3 aliphatic rings. The highest BCUT2D eigenvalue weighted by molar-refractivity contribution is 8.14. The van der Waals surface area contributed by atoms with E-state index in [-0.39, 0.29) is 29.6 Å². The molecule has 1 aliphatic carbocycles. The number of aliphatic imine (C=N–C) groups is 1. The number of carbonyl (C=O) groups excluding carboxylic acids is 3. The van der Waals surface area contributed by atoms with E-state index in [1.54, 1.807) is 6.92 Å². The minimum absolute atomic E-state index is 0.224. The Labute approximate surface area is 127 Å². The molecule has 0 radical (unpaired) electrons. The Morgan fingerprint density at radius 3 is 2.48 bits per heavy atom. The van der Waals surface area contributed by atoms with Gasteiger partial charge in [0.25, 0.3) is 0 Å². The van der Waals surface area contributed by atoms with Crippen LogP contribution in [0, 0.1) is 11.8 Å². The molecule has 3 atom stereocenters. The molecule has 0 saturated carbocycles. The number of nitrogens with one attached hydrogen (secondary N) is 1. The van der Waals surface area contributed by atoms with E-state index in [0.29, 0.717) is 24.6 Å². The number of likely N-dealkylation sites (tertiary alicyclic amines) is 1. The summed E-state index contributed by atoms with van der Waals surface area (Å²) in [4.78, 5) is 42.3. The summed E-state index contributed by atoms with van der Waals surface area (Å²) < 4.78 is 0. The maximum atomic E-state index is 12.4. The van der Waals surface area contributed by atoms with Crippen molar-refractivity contribution in [1.29, 1.82) is 0 Å². The number of allylic oxidation sites excluding steroid dienone is 2. The zero-order chi connectivity index (χ0) is 15.0. The Morgan fingerprint density at radius 1 is 1.33 bits per heavy atom. The molecule has 1 fully saturated rings. The van der Waals surface area contributed by atoms with Crippen molar-refractivity contribution in [3.05, 3.63) is 12.2 Å². The van der Waals surface area contributed by atoms with E-state index >= 15 is 0 Å². The van der Waals surface area contributed by atoms with Gasteiger partial charge in [-0.05, 0) is 19.8 Å². The molecule has 0 aromatic heterocycles. The van der Waals surface area contributed by atoms with Crippen molar-refractivity contribution in [2.75, 3.05) is 12.3 Å². The van der Waals surface area contributed by atoms with Gasteiger partial charge in [0, 0.05) is 5.75 Å². The first-order chi connectivity index (χ1) is 10.1. The number of hydrogen-bond acceptors (Lipinski definition) is 5. The van der Waals surface area contributed by atoms with Crippen molar-refractivity contribution in [1.82, 2.24) is 10.2 Å². The monoisotopic (exact) mass is 307 g/mol. The van der Waals surface area contributed by atoms with Crippen molar-refractivity contribution >= 4 is 34.7 Å². The lowest BCUT2D eigenvalue weighted by Gasteiger charge is -2.22. The first-order valence-electron chi connectivity index (χ1n) is 7.09. The summed E-state index contributed by atoms with van der Waals surface area (Å²) in [6.45, 7) is 2.28. The topological polar surface area (TPSA) is 78.8 Å². The third-order valence-electron chi connectivity index (χ3n) is 4.12. The van der Waals surface area contributed by atoms with Crippen molar-refractivity contribution in [3.63, 3.8) is 0 Å². The number of imide groups is 1. The fourth-order valence-corrected chi connectivity index (χ4v) is 3.68. The van der Waals surface area contributed by atoms with Crippen LogP contribution in [0.1, 0.15) is 19.8 Å². The Bertz CT molecular complexity index is 532. The van der Waals surface area contributed by atoms with Crippen LogP contribution in [0.2, 0.25) is 0 Å². The predicted octanol–water partition coefficient (Wildman–Crippen LogP) is 0.545. The van der Waals surface area contributed by atoms with Crippen LogP contribution in [0.15, 0.2) is 17.1 Å². The van der Waals surface area contributed by atoms with Crippen molar-refractivity contribution in [2.24, 2.45) is 16.8 Å². The second-order valence-corrected chi connectivity index (χ2v) is 6.49. The molecule has 0 unspecified atom stereocenters. The van der Waals surface area contributed by atoms with Gasteiger partial charge in [-0.2, -0.15) is 0 Å². The molecule has 7 heteroatoms. The van der Waals surface area contributed by atoms with Gasteiger partial charge < -0.3 is 5.32 Å². The van der Waals surface area contributed by atoms with Gasteiger partial charge in [0.05, 0.1) is 18.4 Å². The van der Waals surface area contributed by atoms with Crippen LogP contribution >= 0.6 is 11.8 Å². The fraction of sp³-hybridized carbons (Fsp3) is 0.571. The smallest absolute Gasteiger partial charge is 0.248 e. The van der Waals surface area contributed by atoms with E-state index in [1.165, 1.54) is 11.8 Å². The molecule has 1 saturated heterocycles. The molecule has 2 aliphatic heterocycles. The average Bonchev–Trinajstić information content (AvgIpc) is 3.07. The average molecular weight is 307 g/mol. The highest BCUT2D eigenvalue weighted by Gasteiger charge is 2.50. The summed E-state index contributed by atoms with van der Waals surface area (Å²) in [7, 11) is 0. The summed E-state index contributed by atoms with van der Waals surface area (Å²) >= 11 is 1.47. The molecule has 0 aromatic carbocycles. The van der Waals surface area contributed by atoms with Crippen molar-refractivity contribution < 1.29 is 14.4 Å². The van der Waals surface area contributed by atoms with Crippen LogP contribution in [0.25, 0.3) is 0 Å². The molecule has 112 valence electrons. The lowest BCUT2D eigenvalue weighted by atomic mass is 9.85. The SMILES string of the molecule is C[C@@H](C(=O)NC1=NCCS1)N1C(=O)[C@@H]2CC=CC[C@H]2C1=O. The number of amides is 3. The van der Waals surface area contributed by atoms with Crippen molar-refractivity contribution in [2.45, 2.75) is 25.8 Å². The van der Waals surface area contributed by atoms with Gasteiger partial charge in [-0.15, -0.1) is 0 Å². The molecule has 0 bridgehead atoms. The van der Waals surface area contributed by atoms with Crippen molar-refractivity contribution in [3.8, 4) is 0 Å². The van der Waals surface area contributed by atoms with Crippen LogP contribution < -0.4 is 5.32 Å². The molecule has 3 rings (SSSR count). The van der Waals surface area contributed by atoms with Gasteiger partial charge in [0.1, 0.15) is 6.04 Å². The Balaban J connectivity index is 1.72. The van der Waals surface area contributed by atoms with Crippen LogP contribution in [-0.2, 0) is 14.4 Å². The van der Waals surface area contributed by atoms with Gasteiger partial charge >= 0.3 is 0 Å². The maximum absolute atomic E-state index is 12.4. The molecule has 6 nitrogen and oxygen atoms in total. The zero-order valence-corrected chi connectivity index (χ0v) is 12.6. The summed E-state index contributed by atoms with van der Waals surface area (Å²) in [6, 6.07) is -0.792. The quantitative estimate of drug-likeness (QED) is 0.597. The summed E-state index contributed by atoms with van der Waals surface area (Å²) in [5.41, 5.74) is 0. The van der Waals surface area contributed by atoms with Gasteiger partial charge in [0.2, 0.25) is 17.7 Å². The van der Waals surface area contributed by atoms with Crippen LogP contribution in [0.3, 0.4) is 0 Å². The van der Waals surface area contributed by atoms with Gasteiger partial charge in [-0.3, -0.25) is 24.3 Å². The molecule has 1 N–H and O–H groups in total. The summed E-state index contributed by atoms with van der Waals surface area (Å²) in [5.74, 6) is -0.541. The first kappa shape index (κ1) is 14.3. The Morgan fingerprint density at radius 2 is 1.95 bits per heavy atom. The largest absolute Gasteiger partial charge is 0.304 e. The van der Waals surface area contributed by atoms with Gasteiger partial charge in [-0.25, -0.2) is 0 Å². The third-order valence-corrected chi connectivity index (χ3v) is 5.02. The summed E-state index contributed by atoms with van der Waals surface area (Å²) in [6.07, 6.45) is 5.04. The van der Waals surface area contributed by atoms with Gasteiger partial charge in [-0.1, -0.05) is 23.9 Å². The van der Waals surface area contributed by atoms with Crippen LogP contribution in [0.5, 0.6) is 0 Å². The molecular formula is C14H17N3O3S. The zero-order valence-electron chi connectivity index (χ0n) is 11.7. The normalized spacial score (nSPS) is 29.4. The molecule has 0 aromatic rings. The number of carbonyl (C=O) groups is 3. The number of amidine groups is 1. The standard InChI is InChI=1S/C14H17N3O3S/c1-8(11(18)16-14-15-6-7-21-14)17-12(19)9-4-2-3-5-10(9)13(17)20/h2-3,8-10H,4-7H2,1H3,(H,15,16,18)/t8-,9+,10+/m0/s1. The highest BCUT2D eigenvalue weighted by Crippen LogP contribution is 2.36. The first-order valence-corrected chi connectivity index (χ1v) is 8.08. The molecular weight excluding hydrogens is 290 g/mol. The predicted molar refractivity (Wildman–Crippen MR) is 79.6 cm³/mol. The number of hydrogen-bond donors (Lipinski definition) is 1. The van der Waals surface area contributed by atoms with Crippen LogP contribution in [-0.4, -0.2) is 46.1 Å². The molecule has 21 heavy (non-hydrogen) atoms. The van der Waals surface area contributed by atoms with E-state index < -0.39 is 6.04 Å². The Hall–Kier alpha value is -1.63. The number of thioether (sulfide) groups is 1. The number of nitrogens with zero attached hydrogens (tertiary/aromatic N) is 2. The minimum Gasteiger partial charge on any atom is -0.304 e. The second-order valence-electron chi connectivity index (χ2n) is 5.40. The lowest BCUT2D eigenvalue weighted by Crippen LogP contribution is -2.49. The lowest BCUT2D eigenvalue weighted by molar-refractivity contribution is -0.146.